The Morgan fingerprint density at radius 3 is 3.00 bits per heavy atom. The number of carboxylic acid groups (broad SMARTS) is 1. The third-order valence-corrected chi connectivity index (χ3v) is 3.41. The maximum absolute atomic E-state index is 11.2. The first kappa shape index (κ1) is 9.46. The number of hydrogen-bond acceptors (Lipinski definition) is 1. The van der Waals surface area contributed by atoms with Gasteiger partial charge in [0, 0.05) is 11.9 Å². The van der Waals surface area contributed by atoms with Crippen LogP contribution in [0.25, 0.3) is 10.9 Å². The van der Waals surface area contributed by atoms with Gasteiger partial charge in [-0.2, -0.15) is 0 Å². The van der Waals surface area contributed by atoms with Crippen LogP contribution in [0.2, 0.25) is 0 Å². The van der Waals surface area contributed by atoms with Crippen LogP contribution in [0.5, 0.6) is 0 Å². The summed E-state index contributed by atoms with van der Waals surface area (Å²) in [6, 6.07) is 6.01. The Kier molecular flexibility index (Phi) is 1.84. The van der Waals surface area contributed by atoms with Crippen molar-refractivity contribution in [2.75, 3.05) is 0 Å². The topological polar surface area (TPSA) is 42.2 Å². The highest BCUT2D eigenvalue weighted by molar-refractivity contribution is 5.97. The number of aromatic nitrogens is 1. The van der Waals surface area contributed by atoms with E-state index in [9.17, 15) is 9.90 Å². The molecule has 2 heterocycles. The van der Waals surface area contributed by atoms with Crippen LogP contribution in [-0.4, -0.2) is 15.6 Å². The Morgan fingerprint density at radius 2 is 2.25 bits per heavy atom. The van der Waals surface area contributed by atoms with Gasteiger partial charge in [0.1, 0.15) is 5.69 Å². The molecule has 0 saturated heterocycles. The first-order chi connectivity index (χ1) is 7.68. The molecule has 1 aromatic heterocycles. The summed E-state index contributed by atoms with van der Waals surface area (Å²) in [6.45, 7) is 2.85. The first-order valence-electron chi connectivity index (χ1n) is 5.53. The van der Waals surface area contributed by atoms with E-state index in [1.54, 1.807) is 0 Å². The van der Waals surface area contributed by atoms with Crippen LogP contribution in [0, 0.1) is 6.92 Å². The van der Waals surface area contributed by atoms with Crippen molar-refractivity contribution in [1.82, 2.24) is 4.57 Å². The third kappa shape index (κ3) is 1.11. The molecule has 0 unspecified atom stereocenters. The SMILES string of the molecule is Cc1ccc2c3c1cc(C(=O)O)n3CCC2. The Hall–Kier alpha value is -1.77. The number of carbonyl (C=O) groups is 1. The Bertz CT molecular complexity index is 595. The molecule has 1 aliphatic rings. The second-order valence-electron chi connectivity index (χ2n) is 4.39. The molecule has 0 atom stereocenters. The summed E-state index contributed by atoms with van der Waals surface area (Å²) in [5.41, 5.74) is 3.98. The van der Waals surface area contributed by atoms with Crippen LogP contribution in [0.4, 0.5) is 0 Å². The number of hydrogen-bond donors (Lipinski definition) is 1. The Morgan fingerprint density at radius 1 is 1.44 bits per heavy atom. The molecular formula is C13H13NO2. The fourth-order valence-corrected chi connectivity index (χ4v) is 2.63. The summed E-state index contributed by atoms with van der Waals surface area (Å²) in [5, 5.41) is 10.3. The highest BCUT2D eigenvalue weighted by Crippen LogP contribution is 2.30. The van der Waals surface area contributed by atoms with Gasteiger partial charge in [-0.05, 0) is 37.0 Å². The first-order valence-corrected chi connectivity index (χ1v) is 5.53. The van der Waals surface area contributed by atoms with Gasteiger partial charge in [0.15, 0.2) is 0 Å². The fourth-order valence-electron chi connectivity index (χ4n) is 2.63. The van der Waals surface area contributed by atoms with Crippen LogP contribution >= 0.6 is 0 Å². The number of aryl methyl sites for hydroxylation is 3. The number of carboxylic acids is 1. The van der Waals surface area contributed by atoms with Gasteiger partial charge in [-0.3, -0.25) is 0 Å². The molecule has 0 saturated carbocycles. The zero-order valence-corrected chi connectivity index (χ0v) is 9.16. The standard InChI is InChI=1S/C13H13NO2/c1-8-4-5-9-3-2-6-14-11(13(15)16)7-10(8)12(9)14/h4-5,7H,2-3,6H2,1H3,(H,15,16). The van der Waals surface area contributed by atoms with Gasteiger partial charge < -0.3 is 9.67 Å². The van der Waals surface area contributed by atoms with Crippen LogP contribution in [0.1, 0.15) is 28.0 Å². The second kappa shape index (κ2) is 3.11. The van der Waals surface area contributed by atoms with Gasteiger partial charge in [0.2, 0.25) is 0 Å². The van der Waals surface area contributed by atoms with Crippen LogP contribution in [0.15, 0.2) is 18.2 Å². The molecule has 1 aliphatic heterocycles. The van der Waals surface area contributed by atoms with E-state index in [0.717, 1.165) is 35.9 Å². The highest BCUT2D eigenvalue weighted by Gasteiger charge is 2.20. The molecule has 2 aromatic rings. The van der Waals surface area contributed by atoms with E-state index in [1.165, 1.54) is 5.56 Å². The molecule has 16 heavy (non-hydrogen) atoms. The van der Waals surface area contributed by atoms with Crippen molar-refractivity contribution in [2.45, 2.75) is 26.3 Å². The molecule has 0 radical (unpaired) electrons. The van der Waals surface area contributed by atoms with E-state index in [2.05, 4.69) is 12.1 Å². The predicted molar refractivity (Wildman–Crippen MR) is 62.0 cm³/mol. The maximum Gasteiger partial charge on any atom is 0.352 e. The van der Waals surface area contributed by atoms with Gasteiger partial charge >= 0.3 is 5.97 Å². The molecule has 3 rings (SSSR count). The van der Waals surface area contributed by atoms with Crippen molar-refractivity contribution in [3.05, 3.63) is 35.0 Å². The molecule has 1 aromatic carbocycles. The molecule has 0 aliphatic carbocycles. The summed E-state index contributed by atoms with van der Waals surface area (Å²) < 4.78 is 1.95. The zero-order chi connectivity index (χ0) is 11.3. The third-order valence-electron chi connectivity index (χ3n) is 3.41. The Balaban J connectivity index is 2.46. The minimum Gasteiger partial charge on any atom is -0.477 e. The van der Waals surface area contributed by atoms with Gasteiger partial charge in [-0.1, -0.05) is 12.1 Å². The quantitative estimate of drug-likeness (QED) is 0.794. The van der Waals surface area contributed by atoms with Crippen molar-refractivity contribution in [3.8, 4) is 0 Å². The number of nitrogens with zero attached hydrogens (tertiary/aromatic N) is 1. The van der Waals surface area contributed by atoms with E-state index in [-0.39, 0.29) is 0 Å². The van der Waals surface area contributed by atoms with Gasteiger partial charge in [0.05, 0.1) is 5.52 Å². The lowest BCUT2D eigenvalue weighted by Gasteiger charge is -2.17. The zero-order valence-electron chi connectivity index (χ0n) is 9.16. The molecular weight excluding hydrogens is 202 g/mol. The lowest BCUT2D eigenvalue weighted by molar-refractivity contribution is 0.0685. The molecule has 3 nitrogen and oxygen atoms in total. The summed E-state index contributed by atoms with van der Waals surface area (Å²) >= 11 is 0. The molecule has 0 fully saturated rings. The minimum atomic E-state index is -0.830. The summed E-state index contributed by atoms with van der Waals surface area (Å²) in [6.07, 6.45) is 2.08. The van der Waals surface area contributed by atoms with Crippen molar-refractivity contribution < 1.29 is 9.90 Å². The van der Waals surface area contributed by atoms with Crippen molar-refractivity contribution in [3.63, 3.8) is 0 Å². The molecule has 3 heteroatoms. The van der Waals surface area contributed by atoms with Gasteiger partial charge in [0.25, 0.3) is 0 Å². The second-order valence-corrected chi connectivity index (χ2v) is 4.39. The van der Waals surface area contributed by atoms with Crippen LogP contribution in [-0.2, 0) is 13.0 Å². The fraction of sp³-hybridized carbons (Fsp3) is 0.308. The van der Waals surface area contributed by atoms with Crippen molar-refractivity contribution in [2.24, 2.45) is 0 Å². The lowest BCUT2D eigenvalue weighted by atomic mass is 10.0. The molecule has 82 valence electrons. The highest BCUT2D eigenvalue weighted by atomic mass is 16.4. The summed E-state index contributed by atoms with van der Waals surface area (Å²) in [5.74, 6) is -0.830. The van der Waals surface area contributed by atoms with E-state index in [4.69, 9.17) is 0 Å². The van der Waals surface area contributed by atoms with E-state index in [1.807, 2.05) is 17.6 Å². The largest absolute Gasteiger partial charge is 0.477 e. The summed E-state index contributed by atoms with van der Waals surface area (Å²) in [7, 11) is 0. The van der Waals surface area contributed by atoms with E-state index >= 15 is 0 Å². The van der Waals surface area contributed by atoms with Crippen LogP contribution < -0.4 is 0 Å². The number of rotatable bonds is 1. The van der Waals surface area contributed by atoms with Gasteiger partial charge in [-0.25, -0.2) is 4.79 Å². The monoisotopic (exact) mass is 215 g/mol. The maximum atomic E-state index is 11.2. The predicted octanol–water partition coefficient (Wildman–Crippen LogP) is 2.59. The van der Waals surface area contributed by atoms with E-state index in [0.29, 0.717) is 5.69 Å². The smallest absolute Gasteiger partial charge is 0.352 e. The lowest BCUT2D eigenvalue weighted by Crippen LogP contribution is -2.13. The van der Waals surface area contributed by atoms with Crippen molar-refractivity contribution >= 4 is 16.9 Å². The van der Waals surface area contributed by atoms with Crippen molar-refractivity contribution in [1.29, 1.82) is 0 Å². The number of benzene rings is 1. The molecule has 0 spiro atoms. The van der Waals surface area contributed by atoms with Gasteiger partial charge in [-0.15, -0.1) is 0 Å². The molecule has 0 amide bonds. The Labute approximate surface area is 93.3 Å². The normalized spacial score (nSPS) is 14.3. The number of aromatic carboxylic acids is 1. The average molecular weight is 215 g/mol. The molecule has 0 bridgehead atoms. The average Bonchev–Trinajstić information content (AvgIpc) is 2.65. The summed E-state index contributed by atoms with van der Waals surface area (Å²) in [4.78, 5) is 11.2. The van der Waals surface area contributed by atoms with E-state index < -0.39 is 5.97 Å². The molecule has 1 N–H and O–H groups in total. The minimum absolute atomic E-state index is 0.422. The van der Waals surface area contributed by atoms with Crippen LogP contribution in [0.3, 0.4) is 0 Å².